The van der Waals surface area contributed by atoms with Gasteiger partial charge in [-0.15, -0.1) is 11.3 Å². The molecule has 0 unspecified atom stereocenters. The molecule has 2 aromatic heterocycles. The second kappa shape index (κ2) is 9.00. The smallest absolute Gasteiger partial charge is 0.239 e. The standard InChI is InChI=1S/C25H31N5O2S/c1-16-3-4-21-20(9-16)22(10-17(2)28-21)27-12-24(31)29-18-13-30(14-18)19-5-7-25(32,8-6-19)23-11-26-15-33-23/h3-4,9-11,15,18-19,32H,5-8,12-14H2,1-2H3,(H,27,28)(H,29,31)/t19-,25-. The summed E-state index contributed by atoms with van der Waals surface area (Å²) in [5.41, 5.74) is 5.06. The van der Waals surface area contributed by atoms with Crippen molar-refractivity contribution in [2.75, 3.05) is 25.0 Å². The lowest BCUT2D eigenvalue weighted by atomic mass is 9.80. The molecule has 33 heavy (non-hydrogen) atoms. The minimum atomic E-state index is -0.712. The number of aromatic nitrogens is 2. The zero-order chi connectivity index (χ0) is 23.0. The molecule has 0 radical (unpaired) electrons. The Morgan fingerprint density at radius 3 is 2.76 bits per heavy atom. The number of fused-ring (bicyclic) bond motifs is 1. The number of aryl methyl sites for hydroxylation is 2. The van der Waals surface area contributed by atoms with Crippen molar-refractivity contribution in [1.29, 1.82) is 0 Å². The van der Waals surface area contributed by atoms with E-state index >= 15 is 0 Å². The monoisotopic (exact) mass is 465 g/mol. The molecule has 1 amide bonds. The van der Waals surface area contributed by atoms with Crippen molar-refractivity contribution in [1.82, 2.24) is 20.2 Å². The third-order valence-corrected chi connectivity index (χ3v) is 7.96. The maximum atomic E-state index is 12.6. The van der Waals surface area contributed by atoms with Gasteiger partial charge >= 0.3 is 0 Å². The van der Waals surface area contributed by atoms with Gasteiger partial charge < -0.3 is 15.7 Å². The van der Waals surface area contributed by atoms with Gasteiger partial charge in [0.1, 0.15) is 5.60 Å². The molecule has 0 spiro atoms. The Hall–Kier alpha value is -2.55. The number of likely N-dealkylation sites (tertiary alicyclic amines) is 1. The number of anilines is 1. The van der Waals surface area contributed by atoms with Gasteiger partial charge in [0, 0.05) is 42.1 Å². The molecule has 2 aliphatic rings. The van der Waals surface area contributed by atoms with E-state index in [0.29, 0.717) is 6.04 Å². The van der Waals surface area contributed by atoms with Crippen LogP contribution in [0.2, 0.25) is 0 Å². The van der Waals surface area contributed by atoms with Crippen LogP contribution in [0.25, 0.3) is 10.9 Å². The van der Waals surface area contributed by atoms with Crippen LogP contribution in [0.1, 0.15) is 41.8 Å². The van der Waals surface area contributed by atoms with Crippen LogP contribution in [0.5, 0.6) is 0 Å². The van der Waals surface area contributed by atoms with Crippen LogP contribution in [0.3, 0.4) is 0 Å². The molecule has 3 heterocycles. The predicted octanol–water partition coefficient (Wildman–Crippen LogP) is 3.35. The van der Waals surface area contributed by atoms with Crippen molar-refractivity contribution in [3.05, 3.63) is 52.1 Å². The molecule has 1 aliphatic heterocycles. The van der Waals surface area contributed by atoms with Crippen LogP contribution in [-0.4, -0.2) is 57.6 Å². The predicted molar refractivity (Wildman–Crippen MR) is 131 cm³/mol. The lowest BCUT2D eigenvalue weighted by Gasteiger charge is -2.48. The minimum absolute atomic E-state index is 0.0122. The van der Waals surface area contributed by atoms with Gasteiger partial charge in [0.15, 0.2) is 0 Å². The van der Waals surface area contributed by atoms with E-state index in [0.717, 1.165) is 65.9 Å². The van der Waals surface area contributed by atoms with E-state index in [4.69, 9.17) is 0 Å². The highest BCUT2D eigenvalue weighted by Crippen LogP contribution is 2.40. The maximum absolute atomic E-state index is 12.6. The van der Waals surface area contributed by atoms with E-state index in [-0.39, 0.29) is 18.5 Å². The fraction of sp³-hybridized carbons (Fsp3) is 0.480. The number of nitrogens with one attached hydrogen (secondary N) is 2. The Bertz CT molecular complexity index is 1140. The Kier molecular flexibility index (Phi) is 6.07. The first kappa shape index (κ1) is 22.3. The van der Waals surface area contributed by atoms with Gasteiger partial charge in [0.05, 0.1) is 28.5 Å². The van der Waals surface area contributed by atoms with Gasteiger partial charge in [0.2, 0.25) is 5.91 Å². The molecule has 0 bridgehead atoms. The SMILES string of the molecule is Cc1ccc2nc(C)cc(NCC(=O)NC3CN([C@H]4CC[C@@](O)(c5cncs5)CC4)C3)c2c1. The Morgan fingerprint density at radius 1 is 1.24 bits per heavy atom. The first-order valence-electron chi connectivity index (χ1n) is 11.7. The highest BCUT2D eigenvalue weighted by atomic mass is 32.1. The van der Waals surface area contributed by atoms with E-state index in [1.54, 1.807) is 11.7 Å². The van der Waals surface area contributed by atoms with Gasteiger partial charge in [-0.3, -0.25) is 19.7 Å². The number of carbonyl (C=O) groups is 1. The summed E-state index contributed by atoms with van der Waals surface area (Å²) in [5, 5.41) is 18.4. The number of carbonyl (C=O) groups excluding carboxylic acids is 1. The van der Waals surface area contributed by atoms with Crippen molar-refractivity contribution >= 4 is 33.8 Å². The topological polar surface area (TPSA) is 90.4 Å². The Balaban J connectivity index is 1.09. The van der Waals surface area contributed by atoms with E-state index in [1.807, 2.05) is 19.1 Å². The normalized spacial score (nSPS) is 23.9. The molecular weight excluding hydrogens is 434 g/mol. The molecule has 1 saturated heterocycles. The Labute approximate surface area is 198 Å². The number of benzene rings is 1. The third-order valence-electron chi connectivity index (χ3n) is 7.00. The lowest BCUT2D eigenvalue weighted by molar-refractivity contribution is -0.121. The number of amides is 1. The minimum Gasteiger partial charge on any atom is -0.384 e. The van der Waals surface area contributed by atoms with Crippen molar-refractivity contribution in [3.8, 4) is 0 Å². The first-order chi connectivity index (χ1) is 15.9. The van der Waals surface area contributed by atoms with Gasteiger partial charge in [-0.25, -0.2) is 0 Å². The number of aliphatic hydroxyl groups is 1. The number of thiazole rings is 1. The lowest BCUT2D eigenvalue weighted by Crippen LogP contribution is -2.63. The molecule has 2 fully saturated rings. The molecule has 3 N–H and O–H groups in total. The van der Waals surface area contributed by atoms with Gasteiger partial charge in [-0.2, -0.15) is 0 Å². The molecule has 1 aliphatic carbocycles. The summed E-state index contributed by atoms with van der Waals surface area (Å²) in [6.07, 6.45) is 5.30. The van der Waals surface area contributed by atoms with Gasteiger partial charge in [-0.05, 0) is 57.7 Å². The summed E-state index contributed by atoms with van der Waals surface area (Å²) in [4.78, 5) is 24.7. The fourth-order valence-corrected chi connectivity index (χ4v) is 5.89. The molecule has 5 rings (SSSR count). The highest BCUT2D eigenvalue weighted by molar-refractivity contribution is 7.09. The van der Waals surface area contributed by atoms with Crippen LogP contribution in [0.4, 0.5) is 5.69 Å². The van der Waals surface area contributed by atoms with Crippen LogP contribution in [0.15, 0.2) is 36.0 Å². The second-order valence-electron chi connectivity index (χ2n) is 9.53. The van der Waals surface area contributed by atoms with Crippen molar-refractivity contribution in [2.24, 2.45) is 0 Å². The fourth-order valence-electron chi connectivity index (χ4n) is 5.11. The zero-order valence-corrected chi connectivity index (χ0v) is 20.0. The molecule has 7 nitrogen and oxygen atoms in total. The van der Waals surface area contributed by atoms with Crippen LogP contribution >= 0.6 is 11.3 Å². The molecule has 1 saturated carbocycles. The molecule has 174 valence electrons. The summed E-state index contributed by atoms with van der Waals surface area (Å²) in [5.74, 6) is 0.0122. The van der Waals surface area contributed by atoms with Gasteiger partial charge in [-0.1, -0.05) is 11.6 Å². The zero-order valence-electron chi connectivity index (χ0n) is 19.2. The number of rotatable bonds is 6. The van der Waals surface area contributed by atoms with Gasteiger partial charge in [0.25, 0.3) is 0 Å². The van der Waals surface area contributed by atoms with Crippen LogP contribution < -0.4 is 10.6 Å². The van der Waals surface area contributed by atoms with E-state index in [1.165, 1.54) is 16.9 Å². The third kappa shape index (κ3) is 4.74. The van der Waals surface area contributed by atoms with E-state index in [9.17, 15) is 9.90 Å². The number of hydrogen-bond acceptors (Lipinski definition) is 7. The van der Waals surface area contributed by atoms with E-state index < -0.39 is 5.60 Å². The highest BCUT2D eigenvalue weighted by Gasteiger charge is 2.40. The largest absolute Gasteiger partial charge is 0.384 e. The van der Waals surface area contributed by atoms with Crippen LogP contribution in [-0.2, 0) is 10.4 Å². The molecule has 1 aromatic carbocycles. The molecule has 8 heteroatoms. The van der Waals surface area contributed by atoms with Crippen molar-refractivity contribution in [3.63, 3.8) is 0 Å². The van der Waals surface area contributed by atoms with Crippen molar-refractivity contribution in [2.45, 2.75) is 57.2 Å². The second-order valence-corrected chi connectivity index (χ2v) is 10.4. The first-order valence-corrected chi connectivity index (χ1v) is 12.5. The summed E-state index contributed by atoms with van der Waals surface area (Å²) in [6, 6.07) is 8.86. The summed E-state index contributed by atoms with van der Waals surface area (Å²) in [7, 11) is 0. The van der Waals surface area contributed by atoms with Crippen LogP contribution in [0, 0.1) is 13.8 Å². The quantitative estimate of drug-likeness (QED) is 0.517. The average Bonchev–Trinajstić information content (AvgIpc) is 3.31. The number of nitrogens with zero attached hydrogens (tertiary/aromatic N) is 3. The summed E-state index contributed by atoms with van der Waals surface area (Å²) < 4.78 is 0. The maximum Gasteiger partial charge on any atom is 0.239 e. The summed E-state index contributed by atoms with van der Waals surface area (Å²) in [6.45, 7) is 6.04. The number of pyridine rings is 1. The summed E-state index contributed by atoms with van der Waals surface area (Å²) >= 11 is 1.54. The van der Waals surface area contributed by atoms with E-state index in [2.05, 4.69) is 44.6 Å². The number of hydrogen-bond donors (Lipinski definition) is 3. The average molecular weight is 466 g/mol. The molecule has 3 aromatic rings. The molecular formula is C25H31N5O2S. The Morgan fingerprint density at radius 2 is 2.03 bits per heavy atom. The van der Waals surface area contributed by atoms with Crippen molar-refractivity contribution < 1.29 is 9.90 Å². The molecule has 0 atom stereocenters.